The Kier molecular flexibility index (Phi) is 23.5. The maximum atomic E-state index is 2.45. The summed E-state index contributed by atoms with van der Waals surface area (Å²) in [6, 6.07) is 0. The van der Waals surface area contributed by atoms with E-state index in [-0.39, 0.29) is 0 Å². The highest BCUT2D eigenvalue weighted by atomic mass is 14.1. The molecule has 0 N–H and O–H groups in total. The highest BCUT2D eigenvalue weighted by Crippen LogP contribution is 2.21. The van der Waals surface area contributed by atoms with Crippen LogP contribution in [0.5, 0.6) is 0 Å². The van der Waals surface area contributed by atoms with Crippen molar-refractivity contribution in [1.29, 1.82) is 0 Å². The van der Waals surface area contributed by atoms with Crippen LogP contribution in [0.2, 0.25) is 0 Å². The van der Waals surface area contributed by atoms with Crippen molar-refractivity contribution >= 4 is 0 Å². The Bertz CT molecular complexity index is 278. The smallest absolute Gasteiger partial charge is 0.0351 e. The predicted molar refractivity (Wildman–Crippen MR) is 127 cm³/mol. The van der Waals surface area contributed by atoms with Gasteiger partial charge in [0, 0.05) is 0 Å². The van der Waals surface area contributed by atoms with Gasteiger partial charge in [0.15, 0.2) is 0 Å². The summed E-state index contributed by atoms with van der Waals surface area (Å²) in [7, 11) is 0. The molecule has 0 aliphatic rings. The van der Waals surface area contributed by atoms with Gasteiger partial charge in [0.25, 0.3) is 0 Å². The topological polar surface area (TPSA) is 0 Å². The molecule has 0 aromatic carbocycles. The molecule has 0 amide bonds. The average molecular weight is 379 g/mol. The molecule has 0 fully saturated rings. The van der Waals surface area contributed by atoms with Crippen molar-refractivity contribution < 1.29 is 0 Å². The van der Waals surface area contributed by atoms with Gasteiger partial charge in [-0.3, -0.25) is 0 Å². The van der Waals surface area contributed by atoms with Crippen LogP contribution in [-0.4, -0.2) is 0 Å². The van der Waals surface area contributed by atoms with Crippen molar-refractivity contribution in [2.45, 2.75) is 156 Å². The molecular weight excluding hydrogens is 324 g/mol. The highest BCUT2D eigenvalue weighted by Gasteiger charge is 2.05. The summed E-state index contributed by atoms with van der Waals surface area (Å²) in [5.41, 5.74) is 0. The van der Waals surface area contributed by atoms with Crippen LogP contribution in [-0.2, 0) is 0 Å². The SMILES string of the molecule is CCCCCCCCCC/C=C/CCCCC(CC)CCCCCCCC. The first-order valence-electron chi connectivity index (χ1n) is 13.0. The number of allylic oxidation sites excluding steroid dienone is 2. The van der Waals surface area contributed by atoms with Gasteiger partial charge in [-0.25, -0.2) is 0 Å². The van der Waals surface area contributed by atoms with Crippen LogP contribution in [0.1, 0.15) is 156 Å². The van der Waals surface area contributed by atoms with Crippen molar-refractivity contribution in [2.24, 2.45) is 5.92 Å². The molecule has 0 aromatic rings. The summed E-state index contributed by atoms with van der Waals surface area (Å²) in [5, 5.41) is 0. The monoisotopic (exact) mass is 378 g/mol. The highest BCUT2D eigenvalue weighted by molar-refractivity contribution is 4.81. The molecule has 0 saturated heterocycles. The summed E-state index contributed by atoms with van der Waals surface area (Å²) in [4.78, 5) is 0. The summed E-state index contributed by atoms with van der Waals surface area (Å²) in [6.07, 6.45) is 34.8. The second-order valence-corrected chi connectivity index (χ2v) is 8.85. The third kappa shape index (κ3) is 21.9. The molecule has 0 aliphatic carbocycles. The second kappa shape index (κ2) is 23.8. The molecule has 0 aliphatic heterocycles. The van der Waals surface area contributed by atoms with E-state index in [1.54, 1.807) is 0 Å². The van der Waals surface area contributed by atoms with Crippen LogP contribution in [0, 0.1) is 5.92 Å². The normalized spacial score (nSPS) is 12.9. The zero-order chi connectivity index (χ0) is 19.8. The minimum Gasteiger partial charge on any atom is -0.0885 e. The van der Waals surface area contributed by atoms with E-state index in [4.69, 9.17) is 0 Å². The van der Waals surface area contributed by atoms with Crippen LogP contribution < -0.4 is 0 Å². The number of hydrogen-bond donors (Lipinski definition) is 0. The third-order valence-electron chi connectivity index (χ3n) is 6.17. The molecule has 0 saturated carbocycles. The van der Waals surface area contributed by atoms with E-state index in [9.17, 15) is 0 Å². The van der Waals surface area contributed by atoms with Gasteiger partial charge in [-0.1, -0.05) is 142 Å². The Hall–Kier alpha value is -0.260. The van der Waals surface area contributed by atoms with Crippen molar-refractivity contribution in [3.05, 3.63) is 12.2 Å². The third-order valence-corrected chi connectivity index (χ3v) is 6.17. The lowest BCUT2D eigenvalue weighted by Gasteiger charge is -2.14. The van der Waals surface area contributed by atoms with E-state index in [1.807, 2.05) is 0 Å². The van der Waals surface area contributed by atoms with Gasteiger partial charge >= 0.3 is 0 Å². The molecule has 0 rings (SSSR count). The van der Waals surface area contributed by atoms with E-state index in [2.05, 4.69) is 32.9 Å². The lowest BCUT2D eigenvalue weighted by Crippen LogP contribution is -1.99. The van der Waals surface area contributed by atoms with E-state index >= 15 is 0 Å². The zero-order valence-electron chi connectivity index (χ0n) is 19.6. The van der Waals surface area contributed by atoms with Crippen molar-refractivity contribution in [3.8, 4) is 0 Å². The summed E-state index contributed by atoms with van der Waals surface area (Å²) in [5.74, 6) is 0.998. The average Bonchev–Trinajstić information content (AvgIpc) is 2.69. The maximum absolute atomic E-state index is 2.45. The standard InChI is InChI=1S/C27H54/c1-4-7-9-11-13-14-15-16-17-18-19-20-22-24-26-27(6-3)25-23-21-12-10-8-5-2/h18-19,27H,4-17,20-26H2,1-3H3/b19-18+. The minimum atomic E-state index is 0.998. The Labute approximate surface area is 174 Å². The van der Waals surface area contributed by atoms with Gasteiger partial charge in [0.2, 0.25) is 0 Å². The maximum Gasteiger partial charge on any atom is -0.0351 e. The Morgan fingerprint density at radius 3 is 1.30 bits per heavy atom. The Balaban J connectivity index is 3.33. The van der Waals surface area contributed by atoms with E-state index < -0.39 is 0 Å². The zero-order valence-corrected chi connectivity index (χ0v) is 19.6. The van der Waals surface area contributed by atoms with Crippen LogP contribution in [0.25, 0.3) is 0 Å². The molecule has 0 heteroatoms. The molecule has 0 spiro atoms. The summed E-state index contributed by atoms with van der Waals surface area (Å²) >= 11 is 0. The van der Waals surface area contributed by atoms with Crippen LogP contribution in [0.15, 0.2) is 12.2 Å². The largest absolute Gasteiger partial charge is 0.0885 e. The fourth-order valence-electron chi connectivity index (χ4n) is 4.09. The van der Waals surface area contributed by atoms with Gasteiger partial charge in [-0.2, -0.15) is 0 Å². The number of rotatable bonds is 22. The Morgan fingerprint density at radius 2 is 0.815 bits per heavy atom. The van der Waals surface area contributed by atoms with E-state index in [1.165, 1.54) is 135 Å². The quantitative estimate of drug-likeness (QED) is 0.130. The van der Waals surface area contributed by atoms with Gasteiger partial charge in [0.05, 0.1) is 0 Å². The molecule has 0 heterocycles. The first-order chi connectivity index (χ1) is 13.3. The summed E-state index contributed by atoms with van der Waals surface area (Å²) in [6.45, 7) is 7.00. The summed E-state index contributed by atoms with van der Waals surface area (Å²) < 4.78 is 0. The van der Waals surface area contributed by atoms with Crippen LogP contribution in [0.3, 0.4) is 0 Å². The van der Waals surface area contributed by atoms with Gasteiger partial charge in [0.1, 0.15) is 0 Å². The van der Waals surface area contributed by atoms with Gasteiger partial charge in [-0.05, 0) is 31.6 Å². The predicted octanol–water partition coefficient (Wildman–Crippen LogP) is 10.4. The van der Waals surface area contributed by atoms with Gasteiger partial charge < -0.3 is 0 Å². The van der Waals surface area contributed by atoms with E-state index in [0.717, 1.165) is 5.92 Å². The first kappa shape index (κ1) is 26.7. The molecule has 0 radical (unpaired) electrons. The molecule has 27 heavy (non-hydrogen) atoms. The van der Waals surface area contributed by atoms with E-state index in [0.29, 0.717) is 0 Å². The number of unbranched alkanes of at least 4 members (excludes halogenated alkanes) is 15. The van der Waals surface area contributed by atoms with Crippen molar-refractivity contribution in [1.82, 2.24) is 0 Å². The lowest BCUT2D eigenvalue weighted by atomic mass is 9.92. The fraction of sp³-hybridized carbons (Fsp3) is 0.926. The fourth-order valence-corrected chi connectivity index (χ4v) is 4.09. The molecular formula is C27H54. The molecule has 1 unspecified atom stereocenters. The molecule has 0 bridgehead atoms. The Morgan fingerprint density at radius 1 is 0.444 bits per heavy atom. The van der Waals surface area contributed by atoms with Crippen LogP contribution >= 0.6 is 0 Å². The number of hydrogen-bond acceptors (Lipinski definition) is 0. The lowest BCUT2D eigenvalue weighted by molar-refractivity contribution is 0.397. The molecule has 1 atom stereocenters. The molecule has 162 valence electrons. The second-order valence-electron chi connectivity index (χ2n) is 8.85. The molecule has 0 aromatic heterocycles. The van der Waals surface area contributed by atoms with Crippen LogP contribution in [0.4, 0.5) is 0 Å². The molecule has 0 nitrogen and oxygen atoms in total. The van der Waals surface area contributed by atoms with Crippen molar-refractivity contribution in [2.75, 3.05) is 0 Å². The van der Waals surface area contributed by atoms with Crippen molar-refractivity contribution in [3.63, 3.8) is 0 Å². The minimum absolute atomic E-state index is 0.998. The first-order valence-corrected chi connectivity index (χ1v) is 13.0. The van der Waals surface area contributed by atoms with Gasteiger partial charge in [-0.15, -0.1) is 0 Å².